The first kappa shape index (κ1) is 12.2. The van der Waals surface area contributed by atoms with E-state index in [1.54, 1.807) is 4.68 Å². The Labute approximate surface area is 91.3 Å². The van der Waals surface area contributed by atoms with E-state index in [1.165, 1.54) is 0 Å². The van der Waals surface area contributed by atoms with E-state index < -0.39 is 0 Å². The zero-order valence-corrected chi connectivity index (χ0v) is 9.82. The van der Waals surface area contributed by atoms with Crippen molar-refractivity contribution in [2.24, 2.45) is 5.41 Å². The van der Waals surface area contributed by atoms with Crippen molar-refractivity contribution in [2.45, 2.75) is 33.9 Å². The fraction of sp³-hybridized carbons (Fsp3) is 0.727. The zero-order chi connectivity index (χ0) is 11.3. The van der Waals surface area contributed by atoms with Gasteiger partial charge in [-0.1, -0.05) is 20.8 Å². The number of nitrogens with zero attached hydrogens (tertiary/aromatic N) is 2. The van der Waals surface area contributed by atoms with E-state index in [4.69, 9.17) is 5.11 Å². The molecule has 0 fully saturated rings. The molecule has 1 aromatic rings. The minimum atomic E-state index is 0.135. The Balaban J connectivity index is 2.31. The van der Waals surface area contributed by atoms with Crippen LogP contribution in [-0.4, -0.2) is 28.0 Å². The molecule has 2 N–H and O–H groups in total. The third-order valence-corrected chi connectivity index (χ3v) is 2.00. The summed E-state index contributed by atoms with van der Waals surface area (Å²) in [6, 6.07) is 0. The minimum Gasteiger partial charge on any atom is -0.394 e. The van der Waals surface area contributed by atoms with Gasteiger partial charge >= 0.3 is 0 Å². The van der Waals surface area contributed by atoms with Crippen LogP contribution >= 0.6 is 0 Å². The van der Waals surface area contributed by atoms with Crippen LogP contribution in [-0.2, 0) is 13.1 Å². The van der Waals surface area contributed by atoms with Gasteiger partial charge in [-0.3, -0.25) is 4.68 Å². The van der Waals surface area contributed by atoms with Gasteiger partial charge in [-0.05, 0) is 5.41 Å². The molecule has 0 saturated heterocycles. The third-order valence-electron chi connectivity index (χ3n) is 2.00. The Kier molecular flexibility index (Phi) is 4.29. The Hall–Kier alpha value is -0.870. The monoisotopic (exact) mass is 211 g/mol. The first-order valence-electron chi connectivity index (χ1n) is 5.34. The van der Waals surface area contributed by atoms with E-state index in [1.807, 2.05) is 12.4 Å². The largest absolute Gasteiger partial charge is 0.394 e. The number of aliphatic hydroxyl groups excluding tert-OH is 1. The van der Waals surface area contributed by atoms with Crippen molar-refractivity contribution in [3.8, 4) is 0 Å². The summed E-state index contributed by atoms with van der Waals surface area (Å²) in [6.45, 7) is 9.14. The molecule has 0 aliphatic carbocycles. The van der Waals surface area contributed by atoms with Crippen LogP contribution in [0.1, 0.15) is 26.3 Å². The van der Waals surface area contributed by atoms with Crippen LogP contribution in [0.25, 0.3) is 0 Å². The molecule has 0 spiro atoms. The molecule has 15 heavy (non-hydrogen) atoms. The molecule has 1 rings (SSSR count). The van der Waals surface area contributed by atoms with Gasteiger partial charge in [0.15, 0.2) is 0 Å². The molecule has 4 heteroatoms. The summed E-state index contributed by atoms with van der Waals surface area (Å²) in [5.74, 6) is 0. The normalized spacial score (nSPS) is 12.0. The molecule has 0 aliphatic rings. The summed E-state index contributed by atoms with van der Waals surface area (Å²) < 4.78 is 1.76. The highest BCUT2D eigenvalue weighted by Gasteiger charge is 2.08. The van der Waals surface area contributed by atoms with Gasteiger partial charge in [0.05, 0.1) is 19.3 Å². The highest BCUT2D eigenvalue weighted by molar-refractivity contribution is 5.03. The van der Waals surface area contributed by atoms with Crippen molar-refractivity contribution in [1.29, 1.82) is 0 Å². The van der Waals surface area contributed by atoms with Crippen LogP contribution in [0.15, 0.2) is 12.4 Å². The summed E-state index contributed by atoms with van der Waals surface area (Å²) in [6.07, 6.45) is 3.80. The standard InChI is InChI=1S/C11H21N3O/c1-11(2,3)9-12-6-10-7-13-14(8-10)4-5-15/h7-8,12,15H,4-6,9H2,1-3H3. The molecule has 0 unspecified atom stereocenters. The van der Waals surface area contributed by atoms with Crippen LogP contribution in [0.3, 0.4) is 0 Å². The smallest absolute Gasteiger partial charge is 0.0640 e. The molecule has 4 nitrogen and oxygen atoms in total. The maximum absolute atomic E-state index is 8.74. The SMILES string of the molecule is CC(C)(C)CNCc1cnn(CCO)c1. The summed E-state index contributed by atoms with van der Waals surface area (Å²) in [4.78, 5) is 0. The van der Waals surface area contributed by atoms with Crippen molar-refractivity contribution in [3.63, 3.8) is 0 Å². The van der Waals surface area contributed by atoms with Crippen LogP contribution in [0, 0.1) is 5.41 Å². The molecule has 1 aromatic heterocycles. The lowest BCUT2D eigenvalue weighted by Crippen LogP contribution is -2.26. The van der Waals surface area contributed by atoms with Gasteiger partial charge in [0.2, 0.25) is 0 Å². The first-order chi connectivity index (χ1) is 7.01. The van der Waals surface area contributed by atoms with Gasteiger partial charge in [-0.2, -0.15) is 5.10 Å². The average molecular weight is 211 g/mol. The topological polar surface area (TPSA) is 50.1 Å². The Morgan fingerprint density at radius 3 is 2.80 bits per heavy atom. The lowest BCUT2D eigenvalue weighted by molar-refractivity contribution is 0.269. The van der Waals surface area contributed by atoms with E-state index in [2.05, 4.69) is 31.2 Å². The summed E-state index contributed by atoms with van der Waals surface area (Å²) in [7, 11) is 0. The third kappa shape index (κ3) is 4.95. The van der Waals surface area contributed by atoms with E-state index in [0.717, 1.165) is 18.7 Å². The summed E-state index contributed by atoms with van der Waals surface area (Å²) >= 11 is 0. The number of rotatable bonds is 5. The number of aliphatic hydroxyl groups is 1. The second-order valence-electron chi connectivity index (χ2n) is 5.00. The lowest BCUT2D eigenvalue weighted by Gasteiger charge is -2.18. The van der Waals surface area contributed by atoms with Gasteiger partial charge in [0.25, 0.3) is 0 Å². The van der Waals surface area contributed by atoms with Gasteiger partial charge in [-0.15, -0.1) is 0 Å². The van der Waals surface area contributed by atoms with Crippen LogP contribution < -0.4 is 5.32 Å². The van der Waals surface area contributed by atoms with Crippen molar-refractivity contribution in [2.75, 3.05) is 13.2 Å². The van der Waals surface area contributed by atoms with Crippen molar-refractivity contribution in [1.82, 2.24) is 15.1 Å². The minimum absolute atomic E-state index is 0.135. The van der Waals surface area contributed by atoms with Crippen molar-refractivity contribution >= 4 is 0 Å². The van der Waals surface area contributed by atoms with Crippen LogP contribution in [0.5, 0.6) is 0 Å². The fourth-order valence-corrected chi connectivity index (χ4v) is 1.30. The maximum Gasteiger partial charge on any atom is 0.0640 e. The highest BCUT2D eigenvalue weighted by Crippen LogP contribution is 2.10. The van der Waals surface area contributed by atoms with Crippen molar-refractivity contribution in [3.05, 3.63) is 18.0 Å². The van der Waals surface area contributed by atoms with Gasteiger partial charge in [0, 0.05) is 24.8 Å². The summed E-state index contributed by atoms with van der Waals surface area (Å²) in [5, 5.41) is 16.3. The van der Waals surface area contributed by atoms with E-state index in [0.29, 0.717) is 12.0 Å². The molecule has 0 aliphatic heterocycles. The molecule has 0 amide bonds. The molecular formula is C11H21N3O. The van der Waals surface area contributed by atoms with E-state index >= 15 is 0 Å². The molecule has 0 aromatic carbocycles. The maximum atomic E-state index is 8.74. The molecular weight excluding hydrogens is 190 g/mol. The molecule has 0 saturated carbocycles. The summed E-state index contributed by atoms with van der Waals surface area (Å²) in [5.41, 5.74) is 1.47. The molecule has 0 bridgehead atoms. The Morgan fingerprint density at radius 2 is 2.20 bits per heavy atom. The number of hydrogen-bond donors (Lipinski definition) is 2. The average Bonchev–Trinajstić information content (AvgIpc) is 2.51. The molecule has 86 valence electrons. The lowest BCUT2D eigenvalue weighted by atomic mass is 9.97. The van der Waals surface area contributed by atoms with Crippen LogP contribution in [0.2, 0.25) is 0 Å². The van der Waals surface area contributed by atoms with Crippen LogP contribution in [0.4, 0.5) is 0 Å². The first-order valence-corrected chi connectivity index (χ1v) is 5.34. The second-order valence-corrected chi connectivity index (χ2v) is 5.00. The quantitative estimate of drug-likeness (QED) is 0.764. The Bertz CT molecular complexity index is 288. The highest BCUT2D eigenvalue weighted by atomic mass is 16.3. The molecule has 0 atom stereocenters. The molecule has 0 radical (unpaired) electrons. The number of aromatic nitrogens is 2. The van der Waals surface area contributed by atoms with E-state index in [-0.39, 0.29) is 6.61 Å². The van der Waals surface area contributed by atoms with E-state index in [9.17, 15) is 0 Å². The van der Waals surface area contributed by atoms with Crippen molar-refractivity contribution < 1.29 is 5.11 Å². The fourth-order valence-electron chi connectivity index (χ4n) is 1.30. The number of nitrogens with one attached hydrogen (secondary N) is 1. The molecule has 1 heterocycles. The van der Waals surface area contributed by atoms with Gasteiger partial charge in [-0.25, -0.2) is 0 Å². The predicted octanol–water partition coefficient (Wildman–Crippen LogP) is 1.01. The van der Waals surface area contributed by atoms with Gasteiger partial charge in [0.1, 0.15) is 0 Å². The number of hydrogen-bond acceptors (Lipinski definition) is 3. The Morgan fingerprint density at radius 1 is 1.47 bits per heavy atom. The predicted molar refractivity (Wildman–Crippen MR) is 60.5 cm³/mol. The zero-order valence-electron chi connectivity index (χ0n) is 9.82. The second kappa shape index (κ2) is 5.28. The van der Waals surface area contributed by atoms with Gasteiger partial charge < -0.3 is 10.4 Å².